The molecular formula is C10H16N2. The van der Waals surface area contributed by atoms with Crippen molar-refractivity contribution in [3.8, 4) is 0 Å². The van der Waals surface area contributed by atoms with Crippen molar-refractivity contribution in [2.75, 3.05) is 0 Å². The van der Waals surface area contributed by atoms with E-state index >= 15 is 0 Å². The van der Waals surface area contributed by atoms with Gasteiger partial charge in [0.2, 0.25) is 0 Å². The fourth-order valence-corrected chi connectivity index (χ4v) is 1.65. The lowest BCUT2D eigenvalue weighted by Gasteiger charge is -2.14. The summed E-state index contributed by atoms with van der Waals surface area (Å²) in [7, 11) is 0. The maximum atomic E-state index is 4.61. The van der Waals surface area contributed by atoms with Gasteiger partial charge in [0.15, 0.2) is 0 Å². The van der Waals surface area contributed by atoms with Crippen molar-refractivity contribution < 1.29 is 0 Å². The largest absolute Gasteiger partial charge is 0.345 e. The molecule has 2 nitrogen and oxygen atoms in total. The molecule has 0 saturated heterocycles. The monoisotopic (exact) mass is 164 g/mol. The molecule has 0 saturated carbocycles. The van der Waals surface area contributed by atoms with Gasteiger partial charge in [0.05, 0.1) is 5.69 Å². The third-order valence-corrected chi connectivity index (χ3v) is 2.42. The minimum absolute atomic E-state index is 0.171. The van der Waals surface area contributed by atoms with Gasteiger partial charge in [-0.2, -0.15) is 0 Å². The van der Waals surface area contributed by atoms with E-state index in [-0.39, 0.29) is 5.41 Å². The van der Waals surface area contributed by atoms with Crippen LogP contribution in [0.4, 0.5) is 0 Å². The van der Waals surface area contributed by atoms with Gasteiger partial charge in [0.1, 0.15) is 5.82 Å². The summed E-state index contributed by atoms with van der Waals surface area (Å²) in [4.78, 5) is 8.03. The number of rotatable bonds is 0. The van der Waals surface area contributed by atoms with Crippen LogP contribution in [0.25, 0.3) is 0 Å². The highest BCUT2D eigenvalue weighted by Crippen LogP contribution is 2.25. The first-order chi connectivity index (χ1) is 5.57. The van der Waals surface area contributed by atoms with Gasteiger partial charge in [-0.05, 0) is 19.3 Å². The molecule has 1 aliphatic carbocycles. The molecule has 0 spiro atoms. The predicted molar refractivity (Wildman–Crippen MR) is 49.3 cm³/mol. The number of H-pyrrole nitrogens is 1. The van der Waals surface area contributed by atoms with Gasteiger partial charge in [-0.15, -0.1) is 0 Å². The molecule has 0 fully saturated rings. The first kappa shape index (κ1) is 7.84. The molecule has 2 heteroatoms. The lowest BCUT2D eigenvalue weighted by molar-refractivity contribution is 0.548. The topological polar surface area (TPSA) is 28.7 Å². The van der Waals surface area contributed by atoms with Gasteiger partial charge < -0.3 is 4.98 Å². The van der Waals surface area contributed by atoms with Crippen LogP contribution in [0.3, 0.4) is 0 Å². The molecule has 2 rings (SSSR count). The molecule has 12 heavy (non-hydrogen) atoms. The number of fused-ring (bicyclic) bond motifs is 1. The third-order valence-electron chi connectivity index (χ3n) is 2.42. The molecule has 0 radical (unpaired) electrons. The molecule has 1 aromatic rings. The Morgan fingerprint density at radius 2 is 2.00 bits per heavy atom. The van der Waals surface area contributed by atoms with Crippen LogP contribution >= 0.6 is 0 Å². The molecule has 1 aliphatic rings. The van der Waals surface area contributed by atoms with Crippen molar-refractivity contribution in [2.24, 2.45) is 0 Å². The summed E-state index contributed by atoms with van der Waals surface area (Å²) in [5, 5.41) is 0. The number of aryl methyl sites for hydroxylation is 2. The molecule has 0 atom stereocenters. The Balaban J connectivity index is 2.38. The molecular weight excluding hydrogens is 148 g/mol. The second-order valence-electron chi connectivity index (χ2n) is 4.61. The highest BCUT2D eigenvalue weighted by atomic mass is 15.0. The minimum Gasteiger partial charge on any atom is -0.345 e. The van der Waals surface area contributed by atoms with Crippen LogP contribution in [-0.2, 0) is 18.3 Å². The van der Waals surface area contributed by atoms with E-state index in [1.54, 1.807) is 0 Å². The van der Waals surface area contributed by atoms with Gasteiger partial charge in [0.25, 0.3) is 0 Å². The molecule has 0 unspecified atom stereocenters. The van der Waals surface area contributed by atoms with E-state index in [4.69, 9.17) is 0 Å². The van der Waals surface area contributed by atoms with Gasteiger partial charge in [-0.1, -0.05) is 20.8 Å². The zero-order valence-electron chi connectivity index (χ0n) is 8.07. The third kappa shape index (κ3) is 1.15. The number of nitrogens with one attached hydrogen (secondary N) is 1. The van der Waals surface area contributed by atoms with Crippen LogP contribution in [0.5, 0.6) is 0 Å². The molecule has 1 heterocycles. The van der Waals surface area contributed by atoms with Crippen molar-refractivity contribution >= 4 is 0 Å². The van der Waals surface area contributed by atoms with Crippen LogP contribution in [0.15, 0.2) is 0 Å². The van der Waals surface area contributed by atoms with Crippen molar-refractivity contribution in [3.63, 3.8) is 0 Å². The average Bonchev–Trinajstić information content (AvgIpc) is 2.37. The molecule has 0 aromatic carbocycles. The van der Waals surface area contributed by atoms with E-state index in [1.165, 1.54) is 30.7 Å². The van der Waals surface area contributed by atoms with E-state index in [1.807, 2.05) is 0 Å². The van der Waals surface area contributed by atoms with Crippen LogP contribution in [0.1, 0.15) is 44.4 Å². The number of aromatic amines is 1. The average molecular weight is 164 g/mol. The number of hydrogen-bond donors (Lipinski definition) is 1. The standard InChI is InChI=1S/C10H16N2/c1-10(2,3)9-11-7-5-4-6-8(7)12-9/h4-6H2,1-3H3,(H,11,12). The second kappa shape index (κ2) is 2.35. The lowest BCUT2D eigenvalue weighted by Crippen LogP contribution is -2.13. The first-order valence-electron chi connectivity index (χ1n) is 4.65. The Morgan fingerprint density at radius 3 is 2.58 bits per heavy atom. The Labute approximate surface area is 73.4 Å². The fraction of sp³-hybridized carbons (Fsp3) is 0.700. The smallest absolute Gasteiger partial charge is 0.111 e. The molecule has 1 aromatic heterocycles. The maximum absolute atomic E-state index is 4.61. The number of hydrogen-bond acceptors (Lipinski definition) is 1. The normalized spacial score (nSPS) is 16.6. The van der Waals surface area contributed by atoms with Crippen LogP contribution < -0.4 is 0 Å². The van der Waals surface area contributed by atoms with E-state index < -0.39 is 0 Å². The lowest BCUT2D eigenvalue weighted by atomic mass is 9.96. The van der Waals surface area contributed by atoms with Gasteiger partial charge >= 0.3 is 0 Å². The quantitative estimate of drug-likeness (QED) is 0.625. The number of imidazole rings is 1. The molecule has 0 bridgehead atoms. The fourth-order valence-electron chi connectivity index (χ4n) is 1.65. The number of aromatic nitrogens is 2. The Morgan fingerprint density at radius 1 is 1.25 bits per heavy atom. The second-order valence-corrected chi connectivity index (χ2v) is 4.61. The highest BCUT2D eigenvalue weighted by Gasteiger charge is 2.22. The van der Waals surface area contributed by atoms with E-state index in [2.05, 4.69) is 30.7 Å². The predicted octanol–water partition coefficient (Wildman–Crippen LogP) is 2.20. The van der Waals surface area contributed by atoms with Crippen molar-refractivity contribution in [3.05, 3.63) is 17.2 Å². The van der Waals surface area contributed by atoms with Crippen LogP contribution in [-0.4, -0.2) is 9.97 Å². The van der Waals surface area contributed by atoms with Gasteiger partial charge in [0, 0.05) is 11.1 Å². The first-order valence-corrected chi connectivity index (χ1v) is 4.65. The summed E-state index contributed by atoms with van der Waals surface area (Å²) in [5.74, 6) is 1.15. The zero-order valence-corrected chi connectivity index (χ0v) is 8.07. The molecule has 0 amide bonds. The Kier molecular flexibility index (Phi) is 1.53. The summed E-state index contributed by atoms with van der Waals surface area (Å²) >= 11 is 0. The molecule has 1 N–H and O–H groups in total. The summed E-state index contributed by atoms with van der Waals surface area (Å²) in [6.45, 7) is 6.59. The summed E-state index contributed by atoms with van der Waals surface area (Å²) < 4.78 is 0. The van der Waals surface area contributed by atoms with E-state index in [0.29, 0.717) is 0 Å². The SMILES string of the molecule is CC(C)(C)c1nc2c([nH]1)CCC2. The summed E-state index contributed by atoms with van der Waals surface area (Å²) in [6.07, 6.45) is 3.64. The van der Waals surface area contributed by atoms with Crippen LogP contribution in [0.2, 0.25) is 0 Å². The maximum Gasteiger partial charge on any atom is 0.111 e. The van der Waals surface area contributed by atoms with Crippen LogP contribution in [0, 0.1) is 0 Å². The van der Waals surface area contributed by atoms with Gasteiger partial charge in [-0.25, -0.2) is 4.98 Å². The molecule has 0 aliphatic heterocycles. The van der Waals surface area contributed by atoms with E-state index in [9.17, 15) is 0 Å². The zero-order chi connectivity index (χ0) is 8.77. The van der Waals surface area contributed by atoms with E-state index in [0.717, 1.165) is 5.82 Å². The summed E-state index contributed by atoms with van der Waals surface area (Å²) in [5.41, 5.74) is 2.85. The minimum atomic E-state index is 0.171. The number of nitrogens with zero attached hydrogens (tertiary/aromatic N) is 1. The van der Waals surface area contributed by atoms with Crippen molar-refractivity contribution in [2.45, 2.75) is 45.4 Å². The highest BCUT2D eigenvalue weighted by molar-refractivity contribution is 5.22. The van der Waals surface area contributed by atoms with Gasteiger partial charge in [-0.3, -0.25) is 0 Å². The summed E-state index contributed by atoms with van der Waals surface area (Å²) in [6, 6.07) is 0. The molecule has 66 valence electrons. The van der Waals surface area contributed by atoms with Crippen molar-refractivity contribution in [1.82, 2.24) is 9.97 Å². The van der Waals surface area contributed by atoms with Crippen molar-refractivity contribution in [1.29, 1.82) is 0 Å². The Hall–Kier alpha value is -0.790. The Bertz CT molecular complexity index is 270.